The number of rotatable bonds is 0. The van der Waals surface area contributed by atoms with Crippen LogP contribution in [0.25, 0.3) is 11.3 Å². The van der Waals surface area contributed by atoms with Crippen LogP contribution in [0.3, 0.4) is 0 Å². The van der Waals surface area contributed by atoms with Crippen molar-refractivity contribution in [2.75, 3.05) is 0 Å². The van der Waals surface area contributed by atoms with Gasteiger partial charge in [0.1, 0.15) is 0 Å². The van der Waals surface area contributed by atoms with Gasteiger partial charge < -0.3 is 0 Å². The third kappa shape index (κ3) is 1.27. The first-order valence-corrected chi connectivity index (χ1v) is 5.43. The molecule has 0 unspecified atom stereocenters. The van der Waals surface area contributed by atoms with Gasteiger partial charge in [0.15, 0.2) is 12.7 Å². The Balaban J connectivity index is 2.33. The number of pyridine rings is 1. The minimum Gasteiger partial charge on any atom is -0.198 e. The smallest absolute Gasteiger partial charge is 0.198 e. The summed E-state index contributed by atoms with van der Waals surface area (Å²) >= 11 is 0. The zero-order valence-corrected chi connectivity index (χ0v) is 8.90. The molecule has 0 aliphatic carbocycles. The van der Waals surface area contributed by atoms with E-state index in [4.69, 9.17) is 0 Å². The molecule has 0 atom stereocenters. The Morgan fingerprint density at radius 1 is 1.07 bits per heavy atom. The summed E-state index contributed by atoms with van der Waals surface area (Å²) in [6, 6.07) is 13.0. The lowest BCUT2D eigenvalue weighted by molar-refractivity contribution is -0.687. The van der Waals surface area contributed by atoms with Gasteiger partial charge >= 0.3 is 0 Å². The van der Waals surface area contributed by atoms with Crippen molar-refractivity contribution in [2.45, 2.75) is 19.9 Å². The first kappa shape index (κ1) is 8.66. The Hall–Kier alpha value is -1.63. The zero-order valence-electron chi connectivity index (χ0n) is 8.90. The third-order valence-electron chi connectivity index (χ3n) is 3.17. The van der Waals surface area contributed by atoms with Crippen molar-refractivity contribution in [3.8, 4) is 11.3 Å². The molecule has 0 radical (unpaired) electrons. The van der Waals surface area contributed by atoms with E-state index in [9.17, 15) is 0 Å². The fraction of sp³-hybridized carbons (Fsp3) is 0.214. The molecule has 1 aromatic carbocycles. The summed E-state index contributed by atoms with van der Waals surface area (Å²) in [5.74, 6) is 0. The number of fused-ring (bicyclic) bond motifs is 3. The number of benzene rings is 1. The molecule has 1 aromatic heterocycles. The van der Waals surface area contributed by atoms with Crippen LogP contribution in [-0.2, 0) is 13.0 Å². The highest BCUT2D eigenvalue weighted by Gasteiger charge is 2.23. The topological polar surface area (TPSA) is 3.88 Å². The normalized spacial score (nSPS) is 13.1. The highest BCUT2D eigenvalue weighted by Crippen LogP contribution is 2.26. The van der Waals surface area contributed by atoms with E-state index in [1.54, 1.807) is 0 Å². The Morgan fingerprint density at radius 2 is 1.93 bits per heavy atom. The number of aromatic nitrogens is 1. The second-order valence-corrected chi connectivity index (χ2v) is 4.14. The molecule has 0 saturated carbocycles. The summed E-state index contributed by atoms with van der Waals surface area (Å²) in [7, 11) is 0. The molecule has 0 fully saturated rings. The Bertz CT molecular complexity index is 514. The van der Waals surface area contributed by atoms with E-state index in [0.29, 0.717) is 0 Å². The van der Waals surface area contributed by atoms with Crippen molar-refractivity contribution in [3.63, 3.8) is 0 Å². The van der Waals surface area contributed by atoms with Crippen LogP contribution in [0.4, 0.5) is 0 Å². The van der Waals surface area contributed by atoms with Crippen LogP contribution in [0, 0.1) is 6.92 Å². The van der Waals surface area contributed by atoms with E-state index in [1.165, 1.54) is 22.4 Å². The quantitative estimate of drug-likeness (QED) is 0.570. The number of hydrogen-bond donors (Lipinski definition) is 0. The number of nitrogens with zero attached hydrogens (tertiary/aromatic N) is 1. The summed E-state index contributed by atoms with van der Waals surface area (Å²) in [6.45, 7) is 3.29. The van der Waals surface area contributed by atoms with Crippen LogP contribution in [-0.4, -0.2) is 0 Å². The van der Waals surface area contributed by atoms with Crippen molar-refractivity contribution in [3.05, 3.63) is 53.7 Å². The van der Waals surface area contributed by atoms with Crippen LogP contribution in [0.5, 0.6) is 0 Å². The van der Waals surface area contributed by atoms with Gasteiger partial charge in [0.25, 0.3) is 0 Å². The molecule has 0 spiro atoms. The first-order valence-electron chi connectivity index (χ1n) is 5.43. The van der Waals surface area contributed by atoms with Crippen LogP contribution in [0.1, 0.15) is 11.1 Å². The van der Waals surface area contributed by atoms with Gasteiger partial charge in [0.2, 0.25) is 5.69 Å². The summed E-state index contributed by atoms with van der Waals surface area (Å²) in [5.41, 5.74) is 5.64. The van der Waals surface area contributed by atoms with Gasteiger partial charge in [-0.3, -0.25) is 0 Å². The van der Waals surface area contributed by atoms with Crippen molar-refractivity contribution in [1.29, 1.82) is 0 Å². The predicted molar refractivity (Wildman–Crippen MR) is 60.5 cm³/mol. The predicted octanol–water partition coefficient (Wildman–Crippen LogP) is 2.51. The number of hydrogen-bond acceptors (Lipinski definition) is 0. The van der Waals surface area contributed by atoms with Crippen LogP contribution < -0.4 is 4.57 Å². The average molecular weight is 196 g/mol. The molecule has 0 N–H and O–H groups in total. The van der Waals surface area contributed by atoms with Gasteiger partial charge in [-0.15, -0.1) is 0 Å². The van der Waals surface area contributed by atoms with Gasteiger partial charge in [-0.25, -0.2) is 0 Å². The van der Waals surface area contributed by atoms with Crippen LogP contribution in [0.2, 0.25) is 0 Å². The molecule has 74 valence electrons. The number of aryl methyl sites for hydroxylation is 3. The highest BCUT2D eigenvalue weighted by molar-refractivity contribution is 5.64. The van der Waals surface area contributed by atoms with Gasteiger partial charge in [-0.1, -0.05) is 18.2 Å². The zero-order chi connectivity index (χ0) is 10.3. The lowest BCUT2D eigenvalue weighted by Gasteiger charge is -2.15. The Morgan fingerprint density at radius 3 is 2.87 bits per heavy atom. The summed E-state index contributed by atoms with van der Waals surface area (Å²) in [5, 5.41) is 0. The van der Waals surface area contributed by atoms with E-state index in [2.05, 4.69) is 54.1 Å². The molecule has 0 saturated heterocycles. The lowest BCUT2D eigenvalue weighted by Crippen LogP contribution is -2.40. The molecule has 2 aromatic rings. The van der Waals surface area contributed by atoms with Gasteiger partial charge in [0.05, 0.1) is 0 Å². The molecule has 0 amide bonds. The summed E-state index contributed by atoms with van der Waals surface area (Å²) < 4.78 is 2.36. The second-order valence-electron chi connectivity index (χ2n) is 4.14. The van der Waals surface area contributed by atoms with E-state index in [0.717, 1.165) is 13.0 Å². The van der Waals surface area contributed by atoms with Gasteiger partial charge in [0, 0.05) is 23.6 Å². The highest BCUT2D eigenvalue weighted by atomic mass is 15.0. The average Bonchev–Trinajstić information content (AvgIpc) is 2.29. The van der Waals surface area contributed by atoms with E-state index in [1.807, 2.05) is 0 Å². The summed E-state index contributed by atoms with van der Waals surface area (Å²) in [4.78, 5) is 0. The molecule has 1 nitrogen and oxygen atoms in total. The fourth-order valence-electron chi connectivity index (χ4n) is 2.43. The first-order chi connectivity index (χ1) is 7.36. The molecule has 1 aliphatic rings. The second kappa shape index (κ2) is 3.20. The van der Waals surface area contributed by atoms with E-state index < -0.39 is 0 Å². The van der Waals surface area contributed by atoms with Crippen molar-refractivity contribution >= 4 is 0 Å². The monoisotopic (exact) mass is 196 g/mol. The maximum Gasteiger partial charge on any atom is 0.215 e. The van der Waals surface area contributed by atoms with Gasteiger partial charge in [-0.05, 0) is 24.6 Å². The Labute approximate surface area is 90.0 Å². The molecule has 1 heteroatoms. The lowest BCUT2D eigenvalue weighted by atomic mass is 9.95. The Kier molecular flexibility index (Phi) is 1.84. The molecule has 0 bridgehead atoms. The molecular formula is C14H14N+. The minimum atomic E-state index is 1.11. The molecule has 15 heavy (non-hydrogen) atoms. The fourth-order valence-corrected chi connectivity index (χ4v) is 2.43. The van der Waals surface area contributed by atoms with Gasteiger partial charge in [-0.2, -0.15) is 4.57 Å². The molecule has 3 rings (SSSR count). The SMILES string of the molecule is Cc1ccc[n+]2c1-c1ccccc1CC2. The van der Waals surface area contributed by atoms with E-state index in [-0.39, 0.29) is 0 Å². The largest absolute Gasteiger partial charge is 0.215 e. The molecular weight excluding hydrogens is 182 g/mol. The maximum absolute atomic E-state index is 2.36. The standard InChI is InChI=1S/C14H14N/c1-11-5-4-9-15-10-8-12-6-2-3-7-13(12)14(11)15/h2-7,9H,8,10H2,1H3/q+1. The van der Waals surface area contributed by atoms with Crippen LogP contribution in [0.15, 0.2) is 42.6 Å². The van der Waals surface area contributed by atoms with E-state index >= 15 is 0 Å². The van der Waals surface area contributed by atoms with Crippen molar-refractivity contribution in [1.82, 2.24) is 0 Å². The third-order valence-corrected chi connectivity index (χ3v) is 3.17. The van der Waals surface area contributed by atoms with Crippen molar-refractivity contribution < 1.29 is 4.57 Å². The van der Waals surface area contributed by atoms with Crippen LogP contribution >= 0.6 is 0 Å². The minimum absolute atomic E-state index is 1.11. The van der Waals surface area contributed by atoms with Crippen molar-refractivity contribution in [2.24, 2.45) is 0 Å². The molecule has 1 aliphatic heterocycles. The molecule has 2 heterocycles. The summed E-state index contributed by atoms with van der Waals surface area (Å²) in [6.07, 6.45) is 3.33. The maximum atomic E-state index is 2.36.